The minimum atomic E-state index is -0.0142. The molecule has 0 aromatic rings. The third-order valence-corrected chi connectivity index (χ3v) is 9.62. The van der Waals surface area contributed by atoms with Crippen LogP contribution in [-0.2, 0) is 14.3 Å². The maximum atomic E-state index is 12.2. The Morgan fingerprint density at radius 2 is 1.97 bits per heavy atom. The molecule has 4 aliphatic carbocycles. The summed E-state index contributed by atoms with van der Waals surface area (Å²) in [6, 6.07) is 0. The molecule has 0 N–H and O–H groups in total. The Balaban J connectivity index is 1.46. The van der Waals surface area contributed by atoms with E-state index in [0.717, 1.165) is 19.4 Å². The molecule has 0 bridgehead atoms. The Bertz CT molecular complexity index is 801. The maximum Gasteiger partial charge on any atom is 0.178 e. The van der Waals surface area contributed by atoms with Crippen LogP contribution in [0.5, 0.6) is 0 Å². The number of hydrogen-bond donors (Lipinski definition) is 0. The van der Waals surface area contributed by atoms with E-state index >= 15 is 0 Å². The fourth-order valence-corrected chi connectivity index (χ4v) is 8.05. The fraction of sp³-hybridized carbons (Fsp3) is 0.741. The van der Waals surface area contributed by atoms with E-state index in [1.54, 1.807) is 0 Å². The molecule has 0 aromatic carbocycles. The lowest BCUT2D eigenvalue weighted by molar-refractivity contribution is -0.216. The van der Waals surface area contributed by atoms with Gasteiger partial charge in [0.05, 0.1) is 6.10 Å². The van der Waals surface area contributed by atoms with Gasteiger partial charge < -0.3 is 9.47 Å². The van der Waals surface area contributed by atoms with Crippen molar-refractivity contribution in [2.75, 3.05) is 6.61 Å². The van der Waals surface area contributed by atoms with Gasteiger partial charge in [-0.3, -0.25) is 4.79 Å². The average molecular weight is 411 g/mol. The lowest BCUT2D eigenvalue weighted by atomic mass is 9.45. The Kier molecular flexibility index (Phi) is 5.14. The largest absolute Gasteiger partial charge is 0.353 e. The SMILES string of the molecule is CC=C1C2=CC(=O)C=C[C@]2(C)[C@H]2CC[C@]3(C)[C@@H](OC4CCCCO4)CC[C@H]3[C@@H]2C1C. The van der Waals surface area contributed by atoms with E-state index in [0.29, 0.717) is 29.8 Å². The number of allylic oxidation sites excluding steroid dienone is 6. The molecule has 2 unspecified atom stereocenters. The normalized spacial score (nSPS) is 49.4. The predicted octanol–water partition coefficient (Wildman–Crippen LogP) is 6.01. The maximum absolute atomic E-state index is 12.2. The van der Waals surface area contributed by atoms with E-state index in [9.17, 15) is 4.79 Å². The zero-order valence-electron chi connectivity index (χ0n) is 19.2. The van der Waals surface area contributed by atoms with Gasteiger partial charge in [-0.1, -0.05) is 32.9 Å². The quantitative estimate of drug-likeness (QED) is 0.559. The number of carbonyl (C=O) groups is 1. The second-order valence-electron chi connectivity index (χ2n) is 10.9. The minimum Gasteiger partial charge on any atom is -0.353 e. The number of hydrogen-bond acceptors (Lipinski definition) is 3. The van der Waals surface area contributed by atoms with Crippen LogP contribution < -0.4 is 0 Å². The first-order valence-electron chi connectivity index (χ1n) is 12.3. The first kappa shape index (κ1) is 20.7. The molecular weight excluding hydrogens is 372 g/mol. The number of fused-ring (bicyclic) bond motifs is 5. The second-order valence-corrected chi connectivity index (χ2v) is 10.9. The standard InChI is InChI=1S/C27H38O3/c1-5-19-17(2)25-20-9-10-23(30-24-8-6-7-15-29-24)27(20,4)14-12-21(25)26(3)13-11-18(28)16-22(19)26/h5,11,13,16-17,20-21,23-25H,6-10,12,14-15H2,1-4H3/t17?,20-,21-,23-,24?,25-,26+,27-/m0/s1. The molecule has 1 heterocycles. The predicted molar refractivity (Wildman–Crippen MR) is 119 cm³/mol. The van der Waals surface area contributed by atoms with Crippen molar-refractivity contribution >= 4 is 5.78 Å². The molecular formula is C27H38O3. The first-order chi connectivity index (χ1) is 14.4. The zero-order chi connectivity index (χ0) is 21.1. The molecule has 1 saturated heterocycles. The molecule has 3 saturated carbocycles. The van der Waals surface area contributed by atoms with Gasteiger partial charge in [0.25, 0.3) is 0 Å². The summed E-state index contributed by atoms with van der Waals surface area (Å²) >= 11 is 0. The van der Waals surface area contributed by atoms with Crippen LogP contribution in [0.25, 0.3) is 0 Å². The van der Waals surface area contributed by atoms with E-state index in [2.05, 4.69) is 39.8 Å². The Morgan fingerprint density at radius 1 is 1.13 bits per heavy atom. The lowest BCUT2D eigenvalue weighted by Crippen LogP contribution is -2.54. The highest BCUT2D eigenvalue weighted by atomic mass is 16.7. The van der Waals surface area contributed by atoms with Gasteiger partial charge in [-0.15, -0.1) is 0 Å². The van der Waals surface area contributed by atoms with Gasteiger partial charge in [-0.2, -0.15) is 0 Å². The third kappa shape index (κ3) is 2.95. The van der Waals surface area contributed by atoms with Crippen LogP contribution in [0.1, 0.15) is 72.6 Å². The van der Waals surface area contributed by atoms with Crippen LogP contribution in [0, 0.1) is 34.5 Å². The zero-order valence-corrected chi connectivity index (χ0v) is 19.2. The fourth-order valence-electron chi connectivity index (χ4n) is 8.05. The van der Waals surface area contributed by atoms with Gasteiger partial charge in [0.1, 0.15) is 0 Å². The summed E-state index contributed by atoms with van der Waals surface area (Å²) in [6.45, 7) is 10.3. The van der Waals surface area contributed by atoms with Crippen LogP contribution in [-0.4, -0.2) is 24.8 Å². The summed E-state index contributed by atoms with van der Waals surface area (Å²) in [4.78, 5) is 12.2. The molecule has 0 aromatic heterocycles. The van der Waals surface area contributed by atoms with Crippen molar-refractivity contribution in [3.63, 3.8) is 0 Å². The van der Waals surface area contributed by atoms with Gasteiger partial charge in [0.2, 0.25) is 0 Å². The monoisotopic (exact) mass is 410 g/mol. The number of ketones is 1. The Labute approximate surface area is 182 Å². The molecule has 30 heavy (non-hydrogen) atoms. The molecule has 8 atom stereocenters. The van der Waals surface area contributed by atoms with Gasteiger partial charge >= 0.3 is 0 Å². The van der Waals surface area contributed by atoms with Gasteiger partial charge in [-0.25, -0.2) is 0 Å². The molecule has 1 aliphatic heterocycles. The summed E-state index contributed by atoms with van der Waals surface area (Å²) < 4.78 is 12.6. The average Bonchev–Trinajstić information content (AvgIpc) is 3.07. The molecule has 0 amide bonds. The van der Waals surface area contributed by atoms with Crippen LogP contribution in [0.3, 0.4) is 0 Å². The highest BCUT2D eigenvalue weighted by Crippen LogP contribution is 2.67. The second kappa shape index (κ2) is 7.45. The summed E-state index contributed by atoms with van der Waals surface area (Å²) in [5.41, 5.74) is 2.91. The van der Waals surface area contributed by atoms with Crippen molar-refractivity contribution in [2.24, 2.45) is 34.5 Å². The van der Waals surface area contributed by atoms with Crippen LogP contribution in [0.4, 0.5) is 0 Å². The molecule has 164 valence electrons. The topological polar surface area (TPSA) is 35.5 Å². The number of ether oxygens (including phenoxy) is 2. The van der Waals surface area contributed by atoms with Crippen molar-refractivity contribution in [3.05, 3.63) is 35.5 Å². The number of carbonyl (C=O) groups excluding carboxylic acids is 1. The van der Waals surface area contributed by atoms with E-state index in [1.165, 1.54) is 43.3 Å². The van der Waals surface area contributed by atoms with Crippen molar-refractivity contribution in [2.45, 2.75) is 85.0 Å². The minimum absolute atomic E-state index is 0.00581. The molecule has 0 radical (unpaired) electrons. The highest BCUT2D eigenvalue weighted by Gasteiger charge is 2.61. The Morgan fingerprint density at radius 3 is 2.70 bits per heavy atom. The molecule has 0 spiro atoms. The molecule has 5 aliphatic rings. The lowest BCUT2D eigenvalue weighted by Gasteiger charge is -2.59. The molecule has 3 heteroatoms. The van der Waals surface area contributed by atoms with E-state index < -0.39 is 0 Å². The molecule has 5 rings (SSSR count). The first-order valence-corrected chi connectivity index (χ1v) is 12.3. The number of rotatable bonds is 2. The van der Waals surface area contributed by atoms with E-state index in [-0.39, 0.29) is 22.9 Å². The summed E-state index contributed by atoms with van der Waals surface area (Å²) in [5, 5.41) is 0. The smallest absolute Gasteiger partial charge is 0.178 e. The van der Waals surface area contributed by atoms with E-state index in [1.807, 2.05) is 12.2 Å². The van der Waals surface area contributed by atoms with Crippen LogP contribution in [0.15, 0.2) is 35.5 Å². The Hall–Kier alpha value is -1.19. The highest BCUT2D eigenvalue weighted by molar-refractivity contribution is 6.02. The summed E-state index contributed by atoms with van der Waals surface area (Å²) in [6.07, 6.45) is 16.9. The van der Waals surface area contributed by atoms with Crippen molar-refractivity contribution < 1.29 is 14.3 Å². The van der Waals surface area contributed by atoms with E-state index in [4.69, 9.17) is 9.47 Å². The van der Waals surface area contributed by atoms with Crippen LogP contribution >= 0.6 is 0 Å². The van der Waals surface area contributed by atoms with Crippen LogP contribution in [0.2, 0.25) is 0 Å². The van der Waals surface area contributed by atoms with Gasteiger partial charge in [0.15, 0.2) is 12.1 Å². The van der Waals surface area contributed by atoms with Crippen molar-refractivity contribution in [3.8, 4) is 0 Å². The molecule has 4 fully saturated rings. The van der Waals surface area contributed by atoms with Gasteiger partial charge in [-0.05, 0) is 104 Å². The molecule has 3 nitrogen and oxygen atoms in total. The summed E-state index contributed by atoms with van der Waals surface area (Å²) in [5.74, 6) is 2.58. The van der Waals surface area contributed by atoms with Crippen molar-refractivity contribution in [1.82, 2.24) is 0 Å². The third-order valence-electron chi connectivity index (χ3n) is 9.62. The van der Waals surface area contributed by atoms with Gasteiger partial charge in [0, 0.05) is 12.0 Å². The summed E-state index contributed by atoms with van der Waals surface area (Å²) in [7, 11) is 0. The van der Waals surface area contributed by atoms with Crippen molar-refractivity contribution in [1.29, 1.82) is 0 Å².